The zero-order chi connectivity index (χ0) is 17.4. The second-order valence-corrected chi connectivity index (χ2v) is 7.33. The Labute approximate surface area is 148 Å². The Morgan fingerprint density at radius 3 is 2.48 bits per heavy atom. The summed E-state index contributed by atoms with van der Waals surface area (Å²) in [6.07, 6.45) is 4.23. The second-order valence-electron chi connectivity index (χ2n) is 7.33. The number of rotatable bonds is 4. The van der Waals surface area contributed by atoms with E-state index in [4.69, 9.17) is 4.74 Å². The first-order valence-corrected chi connectivity index (χ1v) is 9.16. The number of morpholine rings is 1. The zero-order valence-corrected chi connectivity index (χ0v) is 14.9. The van der Waals surface area contributed by atoms with Crippen molar-refractivity contribution in [1.82, 2.24) is 14.7 Å². The van der Waals surface area contributed by atoms with Crippen LogP contribution in [0.5, 0.6) is 0 Å². The molecule has 1 aromatic carbocycles. The predicted octanol–water partition coefficient (Wildman–Crippen LogP) is 3.06. The molecule has 132 valence electrons. The number of nitrogens with zero attached hydrogens (tertiary/aromatic N) is 3. The molecule has 2 fully saturated rings. The van der Waals surface area contributed by atoms with Gasteiger partial charge in [0.1, 0.15) is 0 Å². The third kappa shape index (κ3) is 3.47. The van der Waals surface area contributed by atoms with Gasteiger partial charge in [0.05, 0.1) is 36.2 Å². The molecule has 2 atom stereocenters. The smallest absolute Gasteiger partial charge is 0.257 e. The lowest BCUT2D eigenvalue weighted by atomic mass is 10.1. The van der Waals surface area contributed by atoms with Gasteiger partial charge >= 0.3 is 0 Å². The second kappa shape index (κ2) is 6.64. The van der Waals surface area contributed by atoms with Crippen LogP contribution >= 0.6 is 0 Å². The van der Waals surface area contributed by atoms with Gasteiger partial charge in [-0.05, 0) is 32.3 Å². The molecule has 1 aromatic heterocycles. The van der Waals surface area contributed by atoms with E-state index in [-0.39, 0.29) is 18.1 Å². The minimum atomic E-state index is 0.0800. The van der Waals surface area contributed by atoms with Gasteiger partial charge in [0.15, 0.2) is 0 Å². The molecule has 5 heteroatoms. The Morgan fingerprint density at radius 2 is 1.84 bits per heavy atom. The fraction of sp³-hybridized carbons (Fsp3) is 0.500. The van der Waals surface area contributed by atoms with E-state index in [2.05, 4.69) is 17.2 Å². The summed E-state index contributed by atoms with van der Waals surface area (Å²) in [7, 11) is 0. The van der Waals surface area contributed by atoms with Gasteiger partial charge in [-0.15, -0.1) is 0 Å². The summed E-state index contributed by atoms with van der Waals surface area (Å²) < 4.78 is 7.78. The number of carbonyl (C=O) groups is 1. The lowest BCUT2D eigenvalue weighted by molar-refractivity contribution is -0.0586. The normalized spacial score (nSPS) is 23.7. The van der Waals surface area contributed by atoms with Crippen molar-refractivity contribution in [3.8, 4) is 0 Å². The van der Waals surface area contributed by atoms with Crippen LogP contribution in [0.1, 0.15) is 54.2 Å². The van der Waals surface area contributed by atoms with Crippen molar-refractivity contribution in [3.63, 3.8) is 0 Å². The molecule has 2 heterocycles. The number of ether oxygens (including phenoxy) is 1. The molecule has 25 heavy (non-hydrogen) atoms. The van der Waals surface area contributed by atoms with Crippen molar-refractivity contribution in [3.05, 3.63) is 53.3 Å². The van der Waals surface area contributed by atoms with Crippen molar-refractivity contribution < 1.29 is 9.53 Å². The van der Waals surface area contributed by atoms with Gasteiger partial charge < -0.3 is 9.64 Å². The van der Waals surface area contributed by atoms with Crippen LogP contribution in [0.25, 0.3) is 0 Å². The molecule has 2 aromatic rings. The topological polar surface area (TPSA) is 47.4 Å². The fourth-order valence-corrected chi connectivity index (χ4v) is 3.74. The van der Waals surface area contributed by atoms with Crippen molar-refractivity contribution in [2.45, 2.75) is 51.4 Å². The Hall–Kier alpha value is -2.14. The Bertz CT molecular complexity index is 742. The van der Waals surface area contributed by atoms with Crippen molar-refractivity contribution in [2.24, 2.45) is 0 Å². The van der Waals surface area contributed by atoms with Crippen LogP contribution in [0.3, 0.4) is 0 Å². The highest BCUT2D eigenvalue weighted by atomic mass is 16.5. The molecule has 1 aliphatic carbocycles. The summed E-state index contributed by atoms with van der Waals surface area (Å²) in [5, 5.41) is 4.56. The standard InChI is InChI=1S/C20H25N3O2/c1-14-11-22(12-15(2)25-14)20(24)18-10-21-23(19(18)17-8-9-17)13-16-6-4-3-5-7-16/h3-7,10,14-15,17H,8-9,11-13H2,1-2H3. The summed E-state index contributed by atoms with van der Waals surface area (Å²) >= 11 is 0. The van der Waals surface area contributed by atoms with Gasteiger partial charge in [0.25, 0.3) is 5.91 Å². The van der Waals surface area contributed by atoms with E-state index < -0.39 is 0 Å². The molecule has 4 rings (SSSR count). The van der Waals surface area contributed by atoms with E-state index >= 15 is 0 Å². The zero-order valence-electron chi connectivity index (χ0n) is 14.9. The van der Waals surface area contributed by atoms with Gasteiger partial charge in [-0.1, -0.05) is 30.3 Å². The number of aromatic nitrogens is 2. The summed E-state index contributed by atoms with van der Waals surface area (Å²) in [5.74, 6) is 0.573. The van der Waals surface area contributed by atoms with Crippen molar-refractivity contribution in [1.29, 1.82) is 0 Å². The molecule has 1 saturated carbocycles. The van der Waals surface area contributed by atoms with Gasteiger partial charge in [-0.3, -0.25) is 9.48 Å². The quantitative estimate of drug-likeness (QED) is 0.860. The lowest BCUT2D eigenvalue weighted by Gasteiger charge is -2.35. The van der Waals surface area contributed by atoms with E-state index in [1.807, 2.05) is 41.6 Å². The van der Waals surface area contributed by atoms with Crippen LogP contribution in [0.2, 0.25) is 0 Å². The largest absolute Gasteiger partial charge is 0.372 e. The Morgan fingerprint density at radius 1 is 1.16 bits per heavy atom. The highest BCUT2D eigenvalue weighted by molar-refractivity contribution is 5.95. The molecule has 1 amide bonds. The maximum atomic E-state index is 13.1. The molecule has 2 aliphatic rings. The Balaban J connectivity index is 1.60. The summed E-state index contributed by atoms with van der Waals surface area (Å²) in [6.45, 7) is 6.07. The third-order valence-electron chi connectivity index (χ3n) is 4.96. The molecule has 1 aliphatic heterocycles. The predicted molar refractivity (Wildman–Crippen MR) is 95.7 cm³/mol. The minimum Gasteiger partial charge on any atom is -0.372 e. The van der Waals surface area contributed by atoms with Crippen LogP contribution in [0.15, 0.2) is 36.5 Å². The number of carbonyl (C=O) groups excluding carboxylic acids is 1. The molecule has 0 spiro atoms. The van der Waals surface area contributed by atoms with Gasteiger partial charge in [-0.2, -0.15) is 5.10 Å². The van der Waals surface area contributed by atoms with Crippen molar-refractivity contribution in [2.75, 3.05) is 13.1 Å². The van der Waals surface area contributed by atoms with E-state index in [1.165, 1.54) is 5.56 Å². The number of benzene rings is 1. The van der Waals surface area contributed by atoms with E-state index in [0.717, 1.165) is 30.6 Å². The minimum absolute atomic E-state index is 0.0800. The first kappa shape index (κ1) is 16.3. The highest BCUT2D eigenvalue weighted by Gasteiger charge is 2.35. The third-order valence-corrected chi connectivity index (χ3v) is 4.96. The SMILES string of the molecule is CC1CN(C(=O)c2cnn(Cc3ccccc3)c2C2CC2)CC(C)O1. The van der Waals surface area contributed by atoms with E-state index in [0.29, 0.717) is 19.0 Å². The number of hydrogen-bond donors (Lipinski definition) is 0. The van der Waals surface area contributed by atoms with E-state index in [1.54, 1.807) is 6.20 Å². The fourth-order valence-electron chi connectivity index (χ4n) is 3.74. The summed E-state index contributed by atoms with van der Waals surface area (Å²) in [4.78, 5) is 15.1. The Kier molecular flexibility index (Phi) is 4.34. The van der Waals surface area contributed by atoms with Crippen LogP contribution in [-0.4, -0.2) is 45.9 Å². The van der Waals surface area contributed by atoms with Crippen LogP contribution < -0.4 is 0 Å². The molecular formula is C20H25N3O2. The molecule has 0 N–H and O–H groups in total. The number of hydrogen-bond acceptors (Lipinski definition) is 3. The number of amides is 1. The van der Waals surface area contributed by atoms with Gasteiger partial charge in [0, 0.05) is 19.0 Å². The maximum absolute atomic E-state index is 13.1. The lowest BCUT2D eigenvalue weighted by Crippen LogP contribution is -2.48. The maximum Gasteiger partial charge on any atom is 0.257 e. The van der Waals surface area contributed by atoms with Crippen molar-refractivity contribution >= 4 is 5.91 Å². The summed E-state index contributed by atoms with van der Waals surface area (Å²) in [6, 6.07) is 10.3. The molecule has 1 saturated heterocycles. The average molecular weight is 339 g/mol. The van der Waals surface area contributed by atoms with Crippen LogP contribution in [0, 0.1) is 0 Å². The first-order chi connectivity index (χ1) is 12.1. The molecule has 0 bridgehead atoms. The highest BCUT2D eigenvalue weighted by Crippen LogP contribution is 2.42. The van der Waals surface area contributed by atoms with Gasteiger partial charge in [-0.25, -0.2) is 0 Å². The summed E-state index contributed by atoms with van der Waals surface area (Å²) in [5.41, 5.74) is 3.10. The van der Waals surface area contributed by atoms with Crippen LogP contribution in [-0.2, 0) is 11.3 Å². The van der Waals surface area contributed by atoms with E-state index in [9.17, 15) is 4.79 Å². The molecular weight excluding hydrogens is 314 g/mol. The first-order valence-electron chi connectivity index (χ1n) is 9.16. The molecule has 0 radical (unpaired) electrons. The monoisotopic (exact) mass is 339 g/mol. The van der Waals surface area contributed by atoms with Crippen LogP contribution in [0.4, 0.5) is 0 Å². The molecule has 5 nitrogen and oxygen atoms in total. The average Bonchev–Trinajstić information content (AvgIpc) is 3.35. The van der Waals surface area contributed by atoms with Gasteiger partial charge in [0.2, 0.25) is 0 Å². The molecule has 2 unspecified atom stereocenters.